The number of hydrogen-bond acceptors (Lipinski definition) is 5. The second-order valence-corrected chi connectivity index (χ2v) is 9.79. The minimum Gasteiger partial charge on any atom is -0.343 e. The second-order valence-electron chi connectivity index (χ2n) is 9.79. The van der Waals surface area contributed by atoms with Gasteiger partial charge in [-0.05, 0) is 75.3 Å². The average Bonchev–Trinajstić information content (AvgIpc) is 3.39. The molecule has 1 N–H and O–H groups in total. The van der Waals surface area contributed by atoms with Crippen LogP contribution in [0.5, 0.6) is 0 Å². The van der Waals surface area contributed by atoms with Crippen molar-refractivity contribution in [2.75, 3.05) is 31.5 Å². The number of rotatable bonds is 7. The van der Waals surface area contributed by atoms with Crippen molar-refractivity contribution in [2.24, 2.45) is 7.05 Å². The maximum atomic E-state index is 4.63. The first kappa shape index (κ1) is 22.1. The van der Waals surface area contributed by atoms with Gasteiger partial charge in [0.1, 0.15) is 5.82 Å². The molecule has 0 radical (unpaired) electrons. The molecule has 5 rings (SSSR count). The predicted octanol–water partition coefficient (Wildman–Crippen LogP) is 5.03. The highest BCUT2D eigenvalue weighted by Crippen LogP contribution is 2.29. The molecule has 1 atom stereocenters. The fourth-order valence-electron chi connectivity index (χ4n) is 5.29. The van der Waals surface area contributed by atoms with Crippen molar-refractivity contribution >= 4 is 16.6 Å². The molecule has 174 valence electrons. The lowest BCUT2D eigenvalue weighted by molar-refractivity contribution is 0.216. The van der Waals surface area contributed by atoms with E-state index in [-0.39, 0.29) is 0 Å². The molecule has 2 aromatic heterocycles. The number of aromatic nitrogens is 3. The number of nitrogens with one attached hydrogen (secondary N) is 1. The number of anilines is 1. The fourth-order valence-corrected chi connectivity index (χ4v) is 5.29. The Kier molecular flexibility index (Phi) is 6.47. The van der Waals surface area contributed by atoms with Gasteiger partial charge in [-0.3, -0.25) is 14.5 Å². The number of hydrogen-bond donors (Lipinski definition) is 1. The zero-order chi connectivity index (χ0) is 22.8. The molecule has 2 saturated heterocycles. The lowest BCUT2D eigenvalue weighted by Gasteiger charge is -2.26. The van der Waals surface area contributed by atoms with E-state index in [0.29, 0.717) is 6.04 Å². The smallest absolute Gasteiger partial charge is 0.130 e. The zero-order valence-electron chi connectivity index (χ0n) is 20.1. The molecule has 2 fully saturated rings. The van der Waals surface area contributed by atoms with Crippen LogP contribution in [0.25, 0.3) is 21.9 Å². The van der Waals surface area contributed by atoms with Crippen molar-refractivity contribution in [1.82, 2.24) is 24.6 Å². The van der Waals surface area contributed by atoms with E-state index in [9.17, 15) is 0 Å². The van der Waals surface area contributed by atoms with Crippen molar-refractivity contribution in [1.29, 1.82) is 0 Å². The largest absolute Gasteiger partial charge is 0.343 e. The van der Waals surface area contributed by atoms with Crippen molar-refractivity contribution in [2.45, 2.75) is 51.6 Å². The van der Waals surface area contributed by atoms with Crippen molar-refractivity contribution in [3.8, 4) is 11.1 Å². The van der Waals surface area contributed by atoms with Crippen LogP contribution in [0.1, 0.15) is 44.7 Å². The Balaban J connectivity index is 1.35. The van der Waals surface area contributed by atoms with Crippen LogP contribution in [-0.4, -0.2) is 56.8 Å². The molecule has 6 nitrogen and oxygen atoms in total. The quantitative estimate of drug-likeness (QED) is 0.554. The van der Waals surface area contributed by atoms with Gasteiger partial charge in [-0.2, -0.15) is 5.10 Å². The molecule has 1 aromatic carbocycles. The summed E-state index contributed by atoms with van der Waals surface area (Å²) in [6.07, 6.45) is 10.5. The topological polar surface area (TPSA) is 49.2 Å². The van der Waals surface area contributed by atoms with E-state index >= 15 is 0 Å². The van der Waals surface area contributed by atoms with Gasteiger partial charge in [0.15, 0.2) is 0 Å². The lowest BCUT2D eigenvalue weighted by atomic mass is 10.0. The van der Waals surface area contributed by atoms with Gasteiger partial charge < -0.3 is 5.32 Å². The van der Waals surface area contributed by atoms with Crippen molar-refractivity contribution < 1.29 is 0 Å². The SMILES string of the molecule is C=C(CN1CCCC1C)Nc1cc2cc(-c3cnn(C)c3CN3CCCCC3)ccc2cn1. The van der Waals surface area contributed by atoms with E-state index < -0.39 is 0 Å². The van der Waals surface area contributed by atoms with Gasteiger partial charge >= 0.3 is 0 Å². The summed E-state index contributed by atoms with van der Waals surface area (Å²) in [7, 11) is 2.06. The summed E-state index contributed by atoms with van der Waals surface area (Å²) in [4.78, 5) is 9.67. The Morgan fingerprint density at radius 2 is 1.91 bits per heavy atom. The molecular weight excluding hydrogens is 408 g/mol. The van der Waals surface area contributed by atoms with E-state index in [0.717, 1.165) is 36.5 Å². The zero-order valence-corrected chi connectivity index (χ0v) is 20.1. The van der Waals surface area contributed by atoms with Crippen molar-refractivity contribution in [3.05, 3.63) is 54.6 Å². The molecule has 0 saturated carbocycles. The van der Waals surface area contributed by atoms with Gasteiger partial charge in [-0.1, -0.05) is 25.1 Å². The van der Waals surface area contributed by atoms with Gasteiger partial charge in [0.2, 0.25) is 0 Å². The van der Waals surface area contributed by atoms with Gasteiger partial charge in [-0.25, -0.2) is 4.98 Å². The predicted molar refractivity (Wildman–Crippen MR) is 136 cm³/mol. The summed E-state index contributed by atoms with van der Waals surface area (Å²) < 4.78 is 2.04. The normalized spacial score (nSPS) is 19.9. The Morgan fingerprint density at radius 1 is 1.06 bits per heavy atom. The first-order valence-corrected chi connectivity index (χ1v) is 12.4. The monoisotopic (exact) mass is 444 g/mol. The van der Waals surface area contributed by atoms with E-state index in [1.54, 1.807) is 0 Å². The fraction of sp³-hybridized carbons (Fsp3) is 0.481. The second kappa shape index (κ2) is 9.65. The summed E-state index contributed by atoms with van der Waals surface area (Å²) >= 11 is 0. The first-order valence-electron chi connectivity index (χ1n) is 12.4. The van der Waals surface area contributed by atoms with E-state index in [4.69, 9.17) is 0 Å². The van der Waals surface area contributed by atoms with E-state index in [2.05, 4.69) is 70.0 Å². The van der Waals surface area contributed by atoms with Crippen LogP contribution in [0.4, 0.5) is 5.82 Å². The van der Waals surface area contributed by atoms with Crippen LogP contribution >= 0.6 is 0 Å². The minimum atomic E-state index is 0.634. The number of pyridine rings is 1. The number of likely N-dealkylation sites (tertiary alicyclic amines) is 2. The van der Waals surface area contributed by atoms with Crippen LogP contribution in [0.3, 0.4) is 0 Å². The first-order chi connectivity index (χ1) is 16.1. The molecule has 0 amide bonds. The molecule has 3 aromatic rings. The number of piperidine rings is 1. The number of aryl methyl sites for hydroxylation is 1. The van der Waals surface area contributed by atoms with Crippen LogP contribution in [0.15, 0.2) is 48.9 Å². The molecule has 4 heterocycles. The summed E-state index contributed by atoms with van der Waals surface area (Å²) in [5.41, 5.74) is 4.73. The Labute approximate surface area is 197 Å². The Bertz CT molecular complexity index is 1130. The molecule has 33 heavy (non-hydrogen) atoms. The van der Waals surface area contributed by atoms with Gasteiger partial charge in [-0.15, -0.1) is 0 Å². The lowest BCUT2D eigenvalue weighted by Crippen LogP contribution is -2.30. The Hall–Kier alpha value is -2.70. The third kappa shape index (κ3) is 4.97. The van der Waals surface area contributed by atoms with Crippen LogP contribution in [0.2, 0.25) is 0 Å². The number of benzene rings is 1. The van der Waals surface area contributed by atoms with Crippen molar-refractivity contribution in [3.63, 3.8) is 0 Å². The minimum absolute atomic E-state index is 0.634. The highest BCUT2D eigenvalue weighted by molar-refractivity contribution is 5.88. The summed E-state index contributed by atoms with van der Waals surface area (Å²) in [6.45, 7) is 11.9. The standard InChI is InChI=1S/C27H36N6/c1-20(18-33-13-7-8-21(33)2)30-27-15-24-14-22(9-10-23(24)16-28-27)25-17-29-31(3)26(25)19-32-11-5-4-6-12-32/h9-10,14-17,21H,1,4-8,11-13,18-19H2,2-3H3,(H,28,30). The van der Waals surface area contributed by atoms with Gasteiger partial charge in [0.05, 0.1) is 11.9 Å². The molecule has 2 aliphatic rings. The number of fused-ring (bicyclic) bond motifs is 1. The number of nitrogens with zero attached hydrogens (tertiary/aromatic N) is 5. The highest BCUT2D eigenvalue weighted by Gasteiger charge is 2.20. The molecular formula is C27H36N6. The van der Waals surface area contributed by atoms with Crippen LogP contribution in [0, 0.1) is 0 Å². The Morgan fingerprint density at radius 3 is 2.70 bits per heavy atom. The van der Waals surface area contributed by atoms with E-state index in [1.165, 1.54) is 67.4 Å². The van der Waals surface area contributed by atoms with E-state index in [1.807, 2.05) is 17.1 Å². The molecule has 2 aliphatic heterocycles. The third-order valence-corrected chi connectivity index (χ3v) is 7.31. The maximum Gasteiger partial charge on any atom is 0.130 e. The summed E-state index contributed by atoms with van der Waals surface area (Å²) in [5.74, 6) is 0.858. The van der Waals surface area contributed by atoms with Gasteiger partial charge in [0.25, 0.3) is 0 Å². The summed E-state index contributed by atoms with van der Waals surface area (Å²) in [6, 6.07) is 9.40. The molecule has 6 heteroatoms. The third-order valence-electron chi connectivity index (χ3n) is 7.31. The molecule has 0 spiro atoms. The average molecular weight is 445 g/mol. The maximum absolute atomic E-state index is 4.63. The van der Waals surface area contributed by atoms with Crippen LogP contribution in [-0.2, 0) is 13.6 Å². The molecule has 1 unspecified atom stereocenters. The molecule has 0 bridgehead atoms. The van der Waals surface area contributed by atoms with Crippen LogP contribution < -0.4 is 5.32 Å². The van der Waals surface area contributed by atoms with Gasteiger partial charge in [0, 0.05) is 49.0 Å². The molecule has 0 aliphatic carbocycles. The summed E-state index contributed by atoms with van der Waals surface area (Å²) in [5, 5.41) is 10.4. The highest BCUT2D eigenvalue weighted by atomic mass is 15.3.